The summed E-state index contributed by atoms with van der Waals surface area (Å²) < 4.78 is 0. The van der Waals surface area contributed by atoms with Crippen LogP contribution in [0.25, 0.3) is 10.8 Å². The molecule has 0 amide bonds. The van der Waals surface area contributed by atoms with Gasteiger partial charge in [0, 0.05) is 6.04 Å². The van der Waals surface area contributed by atoms with Crippen LogP contribution in [-0.4, -0.2) is 6.54 Å². The summed E-state index contributed by atoms with van der Waals surface area (Å²) in [5.41, 5.74) is 1.39. The third-order valence-corrected chi connectivity index (χ3v) is 3.77. The molecular formula is C19H25N. The summed E-state index contributed by atoms with van der Waals surface area (Å²) >= 11 is 0. The Bertz CT molecular complexity index is 539. The van der Waals surface area contributed by atoms with E-state index in [0.29, 0.717) is 6.04 Å². The van der Waals surface area contributed by atoms with Crippen molar-refractivity contribution in [2.45, 2.75) is 38.6 Å². The second kappa shape index (κ2) is 7.86. The summed E-state index contributed by atoms with van der Waals surface area (Å²) in [6, 6.07) is 15.6. The lowest BCUT2D eigenvalue weighted by atomic mass is 9.96. The summed E-state index contributed by atoms with van der Waals surface area (Å²) in [5.74, 6) is 0. The third kappa shape index (κ3) is 3.71. The first-order chi connectivity index (χ1) is 9.86. The number of rotatable bonds is 8. The first kappa shape index (κ1) is 14.8. The van der Waals surface area contributed by atoms with E-state index in [1.807, 2.05) is 6.08 Å². The lowest BCUT2D eigenvalue weighted by Gasteiger charge is -2.19. The molecule has 2 aromatic carbocycles. The molecule has 0 aliphatic rings. The van der Waals surface area contributed by atoms with Crippen molar-refractivity contribution in [3.63, 3.8) is 0 Å². The standard InChI is InChI=1S/C19H25N/c1-3-5-8-15-20-19(10-4-2)18-14-9-12-16-11-6-7-13-17(16)18/h4,6-7,9,11-14,19-20H,2-3,5,8,10,15H2,1H3. The Balaban J connectivity index is 2.20. The van der Waals surface area contributed by atoms with E-state index >= 15 is 0 Å². The van der Waals surface area contributed by atoms with E-state index in [0.717, 1.165) is 13.0 Å². The summed E-state index contributed by atoms with van der Waals surface area (Å²) in [4.78, 5) is 0. The first-order valence-electron chi connectivity index (χ1n) is 7.68. The average Bonchev–Trinajstić information content (AvgIpc) is 2.50. The van der Waals surface area contributed by atoms with Crippen LogP contribution in [0.1, 0.15) is 44.2 Å². The highest BCUT2D eigenvalue weighted by Crippen LogP contribution is 2.26. The molecule has 106 valence electrons. The molecule has 0 radical (unpaired) electrons. The maximum absolute atomic E-state index is 3.91. The fourth-order valence-corrected chi connectivity index (χ4v) is 2.69. The van der Waals surface area contributed by atoms with Gasteiger partial charge in [0.1, 0.15) is 0 Å². The summed E-state index contributed by atoms with van der Waals surface area (Å²) in [7, 11) is 0. The van der Waals surface area contributed by atoms with Crippen molar-refractivity contribution in [3.8, 4) is 0 Å². The Hall–Kier alpha value is -1.60. The van der Waals surface area contributed by atoms with E-state index in [9.17, 15) is 0 Å². The largest absolute Gasteiger partial charge is 0.310 e. The minimum absolute atomic E-state index is 0.371. The van der Waals surface area contributed by atoms with Crippen molar-refractivity contribution >= 4 is 10.8 Å². The third-order valence-electron chi connectivity index (χ3n) is 3.77. The molecule has 20 heavy (non-hydrogen) atoms. The minimum Gasteiger partial charge on any atom is -0.310 e. The maximum atomic E-state index is 3.91. The Kier molecular flexibility index (Phi) is 5.82. The van der Waals surface area contributed by atoms with Crippen LogP contribution < -0.4 is 5.32 Å². The zero-order valence-corrected chi connectivity index (χ0v) is 12.4. The van der Waals surface area contributed by atoms with E-state index < -0.39 is 0 Å². The molecule has 1 atom stereocenters. The molecule has 0 heterocycles. The number of nitrogens with one attached hydrogen (secondary N) is 1. The molecule has 1 heteroatoms. The van der Waals surface area contributed by atoms with Gasteiger partial charge in [0.15, 0.2) is 0 Å². The van der Waals surface area contributed by atoms with Gasteiger partial charge in [0.05, 0.1) is 0 Å². The number of unbranched alkanes of at least 4 members (excludes halogenated alkanes) is 2. The van der Waals surface area contributed by atoms with E-state index in [4.69, 9.17) is 0 Å². The van der Waals surface area contributed by atoms with E-state index in [1.165, 1.54) is 35.6 Å². The van der Waals surface area contributed by atoms with Gasteiger partial charge in [-0.3, -0.25) is 0 Å². The van der Waals surface area contributed by atoms with Gasteiger partial charge in [-0.15, -0.1) is 6.58 Å². The van der Waals surface area contributed by atoms with Gasteiger partial charge in [-0.05, 0) is 35.7 Å². The monoisotopic (exact) mass is 267 g/mol. The molecule has 0 aromatic heterocycles. The number of hydrogen-bond acceptors (Lipinski definition) is 1. The summed E-state index contributed by atoms with van der Waals surface area (Å²) in [6.45, 7) is 7.23. The Morgan fingerprint density at radius 1 is 1.10 bits per heavy atom. The van der Waals surface area contributed by atoms with Crippen molar-refractivity contribution in [2.75, 3.05) is 6.54 Å². The van der Waals surface area contributed by atoms with Gasteiger partial charge in [0.25, 0.3) is 0 Å². The van der Waals surface area contributed by atoms with E-state index in [1.54, 1.807) is 0 Å². The molecule has 2 aromatic rings. The molecule has 1 N–H and O–H groups in total. The fourth-order valence-electron chi connectivity index (χ4n) is 2.69. The van der Waals surface area contributed by atoms with Crippen molar-refractivity contribution < 1.29 is 0 Å². The second-order valence-electron chi connectivity index (χ2n) is 5.31. The van der Waals surface area contributed by atoms with Crippen molar-refractivity contribution in [1.82, 2.24) is 5.32 Å². The van der Waals surface area contributed by atoms with Crippen LogP contribution in [0.3, 0.4) is 0 Å². The predicted molar refractivity (Wildman–Crippen MR) is 89.0 cm³/mol. The van der Waals surface area contributed by atoms with Gasteiger partial charge in [0.2, 0.25) is 0 Å². The predicted octanol–water partition coefficient (Wildman–Crippen LogP) is 5.24. The van der Waals surface area contributed by atoms with Gasteiger partial charge in [-0.2, -0.15) is 0 Å². The molecule has 0 spiro atoms. The topological polar surface area (TPSA) is 12.0 Å². The van der Waals surface area contributed by atoms with Crippen LogP contribution in [-0.2, 0) is 0 Å². The Morgan fingerprint density at radius 3 is 2.70 bits per heavy atom. The zero-order valence-electron chi connectivity index (χ0n) is 12.4. The minimum atomic E-state index is 0.371. The highest BCUT2D eigenvalue weighted by atomic mass is 14.9. The normalized spacial score (nSPS) is 12.4. The summed E-state index contributed by atoms with van der Waals surface area (Å²) in [6.07, 6.45) is 6.79. The zero-order chi connectivity index (χ0) is 14.2. The first-order valence-corrected chi connectivity index (χ1v) is 7.68. The molecule has 1 nitrogen and oxygen atoms in total. The van der Waals surface area contributed by atoms with Crippen LogP contribution in [0.4, 0.5) is 0 Å². The SMILES string of the molecule is C=CCC(NCCCCC)c1cccc2ccccc12. The van der Waals surface area contributed by atoms with Crippen LogP contribution in [0.15, 0.2) is 55.1 Å². The molecule has 0 fully saturated rings. The lowest BCUT2D eigenvalue weighted by molar-refractivity contribution is 0.520. The molecule has 0 aliphatic heterocycles. The van der Waals surface area contributed by atoms with Crippen LogP contribution in [0.2, 0.25) is 0 Å². The molecule has 0 saturated heterocycles. The van der Waals surface area contributed by atoms with Gasteiger partial charge in [-0.1, -0.05) is 68.3 Å². The fraction of sp³-hybridized carbons (Fsp3) is 0.368. The Morgan fingerprint density at radius 2 is 1.90 bits per heavy atom. The van der Waals surface area contributed by atoms with Crippen LogP contribution in [0, 0.1) is 0 Å². The highest BCUT2D eigenvalue weighted by Gasteiger charge is 2.11. The van der Waals surface area contributed by atoms with Crippen LogP contribution in [0.5, 0.6) is 0 Å². The number of benzene rings is 2. The highest BCUT2D eigenvalue weighted by molar-refractivity contribution is 5.86. The molecule has 0 aliphatic carbocycles. The Labute approximate surface area is 122 Å². The van der Waals surface area contributed by atoms with Gasteiger partial charge in [-0.25, -0.2) is 0 Å². The molecule has 0 saturated carbocycles. The van der Waals surface area contributed by atoms with Gasteiger partial charge >= 0.3 is 0 Å². The molecule has 2 rings (SSSR count). The van der Waals surface area contributed by atoms with Crippen molar-refractivity contribution in [2.24, 2.45) is 0 Å². The van der Waals surface area contributed by atoms with E-state index in [2.05, 4.69) is 61.3 Å². The second-order valence-corrected chi connectivity index (χ2v) is 5.31. The molecular weight excluding hydrogens is 242 g/mol. The smallest absolute Gasteiger partial charge is 0.0360 e. The number of hydrogen-bond donors (Lipinski definition) is 1. The van der Waals surface area contributed by atoms with Crippen molar-refractivity contribution in [1.29, 1.82) is 0 Å². The quantitative estimate of drug-likeness (QED) is 0.509. The lowest BCUT2D eigenvalue weighted by Crippen LogP contribution is -2.22. The van der Waals surface area contributed by atoms with Crippen LogP contribution >= 0.6 is 0 Å². The average molecular weight is 267 g/mol. The van der Waals surface area contributed by atoms with E-state index in [-0.39, 0.29) is 0 Å². The van der Waals surface area contributed by atoms with Gasteiger partial charge < -0.3 is 5.32 Å². The summed E-state index contributed by atoms with van der Waals surface area (Å²) in [5, 5.41) is 6.36. The maximum Gasteiger partial charge on any atom is 0.0360 e. The number of fused-ring (bicyclic) bond motifs is 1. The molecule has 1 unspecified atom stereocenters. The molecule has 0 bridgehead atoms. The van der Waals surface area contributed by atoms with Crippen molar-refractivity contribution in [3.05, 3.63) is 60.7 Å².